The van der Waals surface area contributed by atoms with Gasteiger partial charge in [0.2, 0.25) is 0 Å². The first kappa shape index (κ1) is 16.1. The van der Waals surface area contributed by atoms with Crippen LogP contribution in [-0.4, -0.2) is 16.9 Å². The first-order valence-corrected chi connectivity index (χ1v) is 8.64. The number of ether oxygens (including phenoxy) is 1. The summed E-state index contributed by atoms with van der Waals surface area (Å²) < 4.78 is 5.88. The number of carbonyl (C=O) groups excluding carboxylic acids is 1. The van der Waals surface area contributed by atoms with Gasteiger partial charge in [-0.25, -0.2) is 0 Å². The largest absolute Gasteiger partial charge is 0.455 e. The van der Waals surface area contributed by atoms with Crippen LogP contribution in [0.3, 0.4) is 0 Å². The van der Waals surface area contributed by atoms with Crippen molar-refractivity contribution in [2.75, 3.05) is 10.6 Å². The van der Waals surface area contributed by atoms with E-state index >= 15 is 0 Å². The molecule has 0 atom stereocenters. The Morgan fingerprint density at radius 1 is 1.00 bits per heavy atom. The normalized spacial score (nSPS) is 13.1. The van der Waals surface area contributed by atoms with Crippen LogP contribution in [0.1, 0.15) is 23.3 Å². The number of rotatable bonds is 6. The van der Waals surface area contributed by atoms with Gasteiger partial charge in [0.25, 0.3) is 5.91 Å². The molecule has 2 N–H and O–H groups in total. The molecular formula is C21H19N3O2. The van der Waals surface area contributed by atoms with Gasteiger partial charge in [0.05, 0.1) is 5.69 Å². The molecule has 1 aromatic heterocycles. The second-order valence-corrected chi connectivity index (χ2v) is 6.21. The third-order valence-electron chi connectivity index (χ3n) is 4.05. The van der Waals surface area contributed by atoms with Crippen molar-refractivity contribution >= 4 is 17.3 Å². The average molecular weight is 345 g/mol. The van der Waals surface area contributed by atoms with Gasteiger partial charge in [-0.2, -0.15) is 0 Å². The maximum Gasteiger partial charge on any atom is 0.274 e. The van der Waals surface area contributed by atoms with Crippen LogP contribution in [0.4, 0.5) is 11.4 Å². The number of hydrogen-bond acceptors (Lipinski definition) is 4. The summed E-state index contributed by atoms with van der Waals surface area (Å²) in [4.78, 5) is 16.8. The molecule has 0 bridgehead atoms. The number of aromatic nitrogens is 1. The average Bonchev–Trinajstić information content (AvgIpc) is 3.48. The van der Waals surface area contributed by atoms with E-state index in [1.165, 1.54) is 12.8 Å². The lowest BCUT2D eigenvalue weighted by atomic mass is 10.2. The molecule has 5 nitrogen and oxygen atoms in total. The maximum atomic E-state index is 12.6. The van der Waals surface area contributed by atoms with Crippen molar-refractivity contribution in [1.29, 1.82) is 0 Å². The number of nitrogens with one attached hydrogen (secondary N) is 2. The van der Waals surface area contributed by atoms with Crippen molar-refractivity contribution in [2.45, 2.75) is 18.9 Å². The second kappa shape index (κ2) is 7.27. The number of anilines is 2. The van der Waals surface area contributed by atoms with Crippen molar-refractivity contribution in [1.82, 2.24) is 4.98 Å². The lowest BCUT2D eigenvalue weighted by Gasteiger charge is -2.12. The fourth-order valence-corrected chi connectivity index (χ4v) is 2.57. The molecule has 0 aliphatic heterocycles. The van der Waals surface area contributed by atoms with Crippen LogP contribution < -0.4 is 15.4 Å². The zero-order chi connectivity index (χ0) is 17.8. The molecule has 26 heavy (non-hydrogen) atoms. The minimum Gasteiger partial charge on any atom is -0.455 e. The first-order chi connectivity index (χ1) is 12.8. The number of nitrogens with zero attached hydrogens (tertiary/aromatic N) is 1. The van der Waals surface area contributed by atoms with Gasteiger partial charge < -0.3 is 15.4 Å². The van der Waals surface area contributed by atoms with E-state index in [4.69, 9.17) is 4.74 Å². The fraction of sp³-hybridized carbons (Fsp3) is 0.143. The lowest BCUT2D eigenvalue weighted by Crippen LogP contribution is -2.14. The van der Waals surface area contributed by atoms with Crippen molar-refractivity contribution in [3.8, 4) is 11.5 Å². The molecule has 1 heterocycles. The summed E-state index contributed by atoms with van der Waals surface area (Å²) in [7, 11) is 0. The van der Waals surface area contributed by atoms with E-state index in [1.807, 2.05) is 60.7 Å². The molecule has 0 spiro atoms. The Balaban J connectivity index is 1.51. The zero-order valence-corrected chi connectivity index (χ0v) is 14.2. The molecule has 2 aromatic carbocycles. The summed E-state index contributed by atoms with van der Waals surface area (Å²) >= 11 is 0. The molecule has 1 fully saturated rings. The third kappa shape index (κ3) is 4.00. The van der Waals surface area contributed by atoms with Crippen molar-refractivity contribution < 1.29 is 9.53 Å². The van der Waals surface area contributed by atoms with Crippen LogP contribution in [0, 0.1) is 0 Å². The van der Waals surface area contributed by atoms with Crippen LogP contribution in [0.25, 0.3) is 0 Å². The van der Waals surface area contributed by atoms with E-state index in [2.05, 4.69) is 15.6 Å². The van der Waals surface area contributed by atoms with Crippen LogP contribution in [0.2, 0.25) is 0 Å². The summed E-state index contributed by atoms with van der Waals surface area (Å²) in [6.07, 6.45) is 3.99. The van der Waals surface area contributed by atoms with Crippen LogP contribution in [0.15, 0.2) is 72.9 Å². The minimum atomic E-state index is -0.270. The lowest BCUT2D eigenvalue weighted by molar-refractivity contribution is 0.102. The molecule has 1 aliphatic rings. The number of para-hydroxylation sites is 3. The number of pyridine rings is 1. The van der Waals surface area contributed by atoms with Crippen LogP contribution in [-0.2, 0) is 0 Å². The number of carbonyl (C=O) groups is 1. The van der Waals surface area contributed by atoms with E-state index in [1.54, 1.807) is 12.3 Å². The highest BCUT2D eigenvalue weighted by Crippen LogP contribution is 2.29. The molecule has 1 amide bonds. The smallest absolute Gasteiger partial charge is 0.274 e. The van der Waals surface area contributed by atoms with Gasteiger partial charge in [-0.3, -0.25) is 9.78 Å². The fourth-order valence-electron chi connectivity index (χ4n) is 2.57. The third-order valence-corrected chi connectivity index (χ3v) is 4.05. The molecule has 130 valence electrons. The number of benzene rings is 2. The molecule has 4 rings (SSSR count). The summed E-state index contributed by atoms with van der Waals surface area (Å²) in [6.45, 7) is 0. The predicted molar refractivity (Wildman–Crippen MR) is 102 cm³/mol. The number of amides is 1. The SMILES string of the molecule is O=C(Nc1ccccc1Oc1ccccc1)c1cc(NC2CC2)ccn1. The van der Waals surface area contributed by atoms with Gasteiger partial charge in [-0.05, 0) is 49.2 Å². The van der Waals surface area contributed by atoms with E-state index in [0.29, 0.717) is 28.9 Å². The molecule has 3 aromatic rings. The summed E-state index contributed by atoms with van der Waals surface area (Å²) in [5.41, 5.74) is 1.88. The first-order valence-electron chi connectivity index (χ1n) is 8.64. The Kier molecular flexibility index (Phi) is 4.51. The van der Waals surface area contributed by atoms with E-state index in [0.717, 1.165) is 5.69 Å². The van der Waals surface area contributed by atoms with Crippen LogP contribution in [0.5, 0.6) is 11.5 Å². The molecule has 1 aliphatic carbocycles. The van der Waals surface area contributed by atoms with Gasteiger partial charge in [-0.1, -0.05) is 30.3 Å². The second-order valence-electron chi connectivity index (χ2n) is 6.21. The highest BCUT2D eigenvalue weighted by molar-refractivity contribution is 6.04. The quantitative estimate of drug-likeness (QED) is 0.680. The van der Waals surface area contributed by atoms with Gasteiger partial charge in [0.1, 0.15) is 11.4 Å². The molecule has 0 unspecified atom stereocenters. The van der Waals surface area contributed by atoms with Gasteiger partial charge >= 0.3 is 0 Å². The monoisotopic (exact) mass is 345 g/mol. The minimum absolute atomic E-state index is 0.270. The van der Waals surface area contributed by atoms with Crippen molar-refractivity contribution in [3.63, 3.8) is 0 Å². The zero-order valence-electron chi connectivity index (χ0n) is 14.2. The Bertz CT molecular complexity index is 908. The Hall–Kier alpha value is -3.34. The molecule has 5 heteroatoms. The van der Waals surface area contributed by atoms with Crippen molar-refractivity contribution in [3.05, 3.63) is 78.6 Å². The Labute approximate surface area is 152 Å². The standard InChI is InChI=1S/C21H19N3O2/c25-21(19-14-16(12-13-22-19)23-15-10-11-15)24-18-8-4-5-9-20(18)26-17-6-2-1-3-7-17/h1-9,12-15H,10-11H2,(H,22,23)(H,24,25). The molecular weight excluding hydrogens is 326 g/mol. The van der Waals surface area contributed by atoms with E-state index in [9.17, 15) is 4.79 Å². The summed E-state index contributed by atoms with van der Waals surface area (Å²) in [5.74, 6) is 1.02. The van der Waals surface area contributed by atoms with Crippen LogP contribution >= 0.6 is 0 Å². The number of hydrogen-bond donors (Lipinski definition) is 2. The maximum absolute atomic E-state index is 12.6. The Morgan fingerprint density at radius 2 is 1.77 bits per heavy atom. The highest BCUT2D eigenvalue weighted by Gasteiger charge is 2.21. The summed E-state index contributed by atoms with van der Waals surface area (Å²) in [5, 5.41) is 6.26. The topological polar surface area (TPSA) is 63.2 Å². The van der Waals surface area contributed by atoms with E-state index < -0.39 is 0 Å². The van der Waals surface area contributed by atoms with Gasteiger partial charge in [0, 0.05) is 17.9 Å². The molecule has 0 saturated heterocycles. The highest BCUT2D eigenvalue weighted by atomic mass is 16.5. The van der Waals surface area contributed by atoms with Gasteiger partial charge in [0.15, 0.2) is 5.75 Å². The van der Waals surface area contributed by atoms with Gasteiger partial charge in [-0.15, -0.1) is 0 Å². The summed E-state index contributed by atoms with van der Waals surface area (Å²) in [6, 6.07) is 21.0. The molecule has 0 radical (unpaired) electrons. The predicted octanol–water partition coefficient (Wildman–Crippen LogP) is 4.70. The molecule has 1 saturated carbocycles. The Morgan fingerprint density at radius 3 is 2.58 bits per heavy atom. The van der Waals surface area contributed by atoms with Crippen molar-refractivity contribution in [2.24, 2.45) is 0 Å². The van der Waals surface area contributed by atoms with E-state index in [-0.39, 0.29) is 5.91 Å².